The number of aryl methyl sites for hydroxylation is 3. The molecular formula is C19H20N2O. The largest absolute Gasteiger partial charge is 0.359 e. The van der Waals surface area contributed by atoms with Crippen LogP contribution in [-0.2, 0) is 6.54 Å². The lowest BCUT2D eigenvalue weighted by Crippen LogP contribution is -2.22. The highest BCUT2D eigenvalue weighted by Gasteiger charge is 2.07. The van der Waals surface area contributed by atoms with Gasteiger partial charge in [-0.05, 0) is 73.2 Å². The first-order chi connectivity index (χ1) is 10.5. The van der Waals surface area contributed by atoms with Crippen LogP contribution in [0.15, 0.2) is 42.5 Å². The first-order valence-electron chi connectivity index (χ1n) is 7.46. The predicted octanol–water partition coefficient (Wildman–Crippen LogP) is 4.02. The highest BCUT2D eigenvalue weighted by atomic mass is 16.1. The van der Waals surface area contributed by atoms with E-state index in [9.17, 15) is 4.79 Å². The number of carbonyl (C=O) groups is 1. The Morgan fingerprint density at radius 2 is 1.82 bits per heavy atom. The van der Waals surface area contributed by atoms with Gasteiger partial charge in [-0.25, -0.2) is 0 Å². The van der Waals surface area contributed by atoms with Crippen LogP contribution in [0.4, 0.5) is 0 Å². The average Bonchev–Trinajstić information content (AvgIpc) is 2.86. The van der Waals surface area contributed by atoms with Crippen molar-refractivity contribution in [2.24, 2.45) is 0 Å². The summed E-state index contributed by atoms with van der Waals surface area (Å²) in [5.41, 5.74) is 6.42. The number of amides is 1. The quantitative estimate of drug-likeness (QED) is 0.752. The van der Waals surface area contributed by atoms with Gasteiger partial charge in [-0.1, -0.05) is 12.1 Å². The van der Waals surface area contributed by atoms with Crippen molar-refractivity contribution in [2.45, 2.75) is 27.3 Å². The Balaban J connectivity index is 1.72. The Kier molecular flexibility index (Phi) is 3.72. The molecule has 1 amide bonds. The van der Waals surface area contributed by atoms with Gasteiger partial charge in [0.15, 0.2) is 0 Å². The molecule has 112 valence electrons. The second kappa shape index (κ2) is 5.68. The number of carbonyl (C=O) groups excluding carboxylic acids is 1. The molecule has 0 atom stereocenters. The molecule has 1 heterocycles. The second-order valence-corrected chi connectivity index (χ2v) is 5.86. The zero-order chi connectivity index (χ0) is 15.7. The number of H-pyrrole nitrogens is 1. The number of fused-ring (bicyclic) bond motifs is 1. The molecule has 3 heteroatoms. The van der Waals surface area contributed by atoms with Crippen LogP contribution in [0.1, 0.15) is 32.7 Å². The summed E-state index contributed by atoms with van der Waals surface area (Å²) in [5.74, 6) is -0.0338. The van der Waals surface area contributed by atoms with Gasteiger partial charge in [-0.2, -0.15) is 0 Å². The minimum atomic E-state index is -0.0338. The Morgan fingerprint density at radius 1 is 1.00 bits per heavy atom. The molecule has 3 nitrogen and oxygen atoms in total. The van der Waals surface area contributed by atoms with Gasteiger partial charge in [-0.15, -0.1) is 0 Å². The van der Waals surface area contributed by atoms with E-state index < -0.39 is 0 Å². The van der Waals surface area contributed by atoms with E-state index in [0.717, 1.165) is 22.3 Å². The maximum absolute atomic E-state index is 12.2. The molecule has 0 saturated carbocycles. The minimum Gasteiger partial charge on any atom is -0.359 e. The molecule has 0 saturated heterocycles. The lowest BCUT2D eigenvalue weighted by molar-refractivity contribution is 0.0951. The summed E-state index contributed by atoms with van der Waals surface area (Å²) in [4.78, 5) is 15.5. The minimum absolute atomic E-state index is 0.0338. The third-order valence-electron chi connectivity index (χ3n) is 4.04. The molecule has 0 fully saturated rings. The van der Waals surface area contributed by atoms with Gasteiger partial charge < -0.3 is 10.3 Å². The molecule has 0 unspecified atom stereocenters. The topological polar surface area (TPSA) is 44.9 Å². The van der Waals surface area contributed by atoms with Crippen LogP contribution >= 0.6 is 0 Å². The van der Waals surface area contributed by atoms with Crippen LogP contribution in [-0.4, -0.2) is 10.9 Å². The van der Waals surface area contributed by atoms with Gasteiger partial charge in [0.25, 0.3) is 5.91 Å². The number of hydrogen-bond acceptors (Lipinski definition) is 1. The SMILES string of the molecule is Cc1cc2cc(CNC(=O)c3ccc(C)c(C)c3)ccc2[nH]1. The number of rotatable bonds is 3. The fourth-order valence-electron chi connectivity index (χ4n) is 2.60. The summed E-state index contributed by atoms with van der Waals surface area (Å²) in [5, 5.41) is 4.16. The van der Waals surface area contributed by atoms with Crippen molar-refractivity contribution in [2.75, 3.05) is 0 Å². The lowest BCUT2D eigenvalue weighted by Gasteiger charge is -2.07. The Labute approximate surface area is 130 Å². The van der Waals surface area contributed by atoms with Crippen LogP contribution in [0.25, 0.3) is 10.9 Å². The molecule has 3 rings (SSSR count). The summed E-state index contributed by atoms with van der Waals surface area (Å²) in [6.45, 7) is 6.65. The van der Waals surface area contributed by atoms with Gasteiger partial charge in [0.1, 0.15) is 0 Å². The Bertz CT molecular complexity index is 846. The molecule has 0 aliphatic carbocycles. The number of nitrogens with one attached hydrogen (secondary N) is 2. The fourth-order valence-corrected chi connectivity index (χ4v) is 2.60. The summed E-state index contributed by atoms with van der Waals surface area (Å²) in [7, 11) is 0. The molecule has 0 bridgehead atoms. The zero-order valence-electron chi connectivity index (χ0n) is 13.2. The van der Waals surface area contributed by atoms with E-state index in [4.69, 9.17) is 0 Å². The van der Waals surface area contributed by atoms with E-state index in [1.165, 1.54) is 10.9 Å². The summed E-state index contributed by atoms with van der Waals surface area (Å²) in [6, 6.07) is 14.1. The molecule has 0 spiro atoms. The Hall–Kier alpha value is -2.55. The van der Waals surface area contributed by atoms with Gasteiger partial charge in [0.05, 0.1) is 0 Å². The smallest absolute Gasteiger partial charge is 0.251 e. The number of aromatic amines is 1. The first-order valence-corrected chi connectivity index (χ1v) is 7.46. The van der Waals surface area contributed by atoms with Crippen molar-refractivity contribution in [3.05, 3.63) is 70.4 Å². The van der Waals surface area contributed by atoms with Crippen LogP contribution in [0, 0.1) is 20.8 Å². The molecule has 0 radical (unpaired) electrons. The molecule has 1 aromatic heterocycles. The third kappa shape index (κ3) is 2.89. The van der Waals surface area contributed by atoms with Crippen LogP contribution < -0.4 is 5.32 Å². The molecule has 2 N–H and O–H groups in total. The highest BCUT2D eigenvalue weighted by Crippen LogP contribution is 2.17. The monoisotopic (exact) mass is 292 g/mol. The van der Waals surface area contributed by atoms with Gasteiger partial charge in [0.2, 0.25) is 0 Å². The molecule has 2 aromatic carbocycles. The van der Waals surface area contributed by atoms with E-state index >= 15 is 0 Å². The van der Waals surface area contributed by atoms with E-state index in [1.54, 1.807) is 0 Å². The number of hydrogen-bond donors (Lipinski definition) is 2. The maximum atomic E-state index is 12.2. The summed E-state index contributed by atoms with van der Waals surface area (Å²) >= 11 is 0. The van der Waals surface area contributed by atoms with E-state index in [0.29, 0.717) is 12.1 Å². The summed E-state index contributed by atoms with van der Waals surface area (Å²) < 4.78 is 0. The van der Waals surface area contributed by atoms with Crippen molar-refractivity contribution in [3.8, 4) is 0 Å². The molecule has 0 aliphatic rings. The van der Waals surface area contributed by atoms with Crippen molar-refractivity contribution in [1.82, 2.24) is 10.3 Å². The van der Waals surface area contributed by atoms with E-state index in [-0.39, 0.29) is 5.91 Å². The van der Waals surface area contributed by atoms with Crippen molar-refractivity contribution >= 4 is 16.8 Å². The maximum Gasteiger partial charge on any atom is 0.251 e. The third-order valence-corrected chi connectivity index (χ3v) is 4.04. The zero-order valence-corrected chi connectivity index (χ0v) is 13.2. The van der Waals surface area contributed by atoms with Gasteiger partial charge in [0, 0.05) is 23.3 Å². The summed E-state index contributed by atoms with van der Waals surface area (Å²) in [6.07, 6.45) is 0. The van der Waals surface area contributed by atoms with Crippen LogP contribution in [0.5, 0.6) is 0 Å². The van der Waals surface area contributed by atoms with Crippen LogP contribution in [0.2, 0.25) is 0 Å². The highest BCUT2D eigenvalue weighted by molar-refractivity contribution is 5.94. The number of aromatic nitrogens is 1. The van der Waals surface area contributed by atoms with E-state index in [1.807, 2.05) is 45.0 Å². The first kappa shape index (κ1) is 14.4. The molecule has 22 heavy (non-hydrogen) atoms. The normalized spacial score (nSPS) is 10.9. The molecule has 3 aromatic rings. The van der Waals surface area contributed by atoms with Crippen molar-refractivity contribution in [1.29, 1.82) is 0 Å². The van der Waals surface area contributed by atoms with Gasteiger partial charge in [-0.3, -0.25) is 4.79 Å². The lowest BCUT2D eigenvalue weighted by atomic mass is 10.1. The van der Waals surface area contributed by atoms with Gasteiger partial charge >= 0.3 is 0 Å². The molecule has 0 aliphatic heterocycles. The van der Waals surface area contributed by atoms with Crippen LogP contribution in [0.3, 0.4) is 0 Å². The Morgan fingerprint density at radius 3 is 2.59 bits per heavy atom. The predicted molar refractivity (Wildman–Crippen MR) is 90.1 cm³/mol. The second-order valence-electron chi connectivity index (χ2n) is 5.86. The number of benzene rings is 2. The molecular weight excluding hydrogens is 272 g/mol. The average molecular weight is 292 g/mol. The standard InChI is InChI=1S/C19H20N2O/c1-12-4-6-16(8-13(12)2)19(22)20-11-15-5-7-18-17(10-15)9-14(3)21-18/h4-10,21H,11H2,1-3H3,(H,20,22). The van der Waals surface area contributed by atoms with Crippen molar-refractivity contribution < 1.29 is 4.79 Å². The fraction of sp³-hybridized carbons (Fsp3) is 0.211. The van der Waals surface area contributed by atoms with E-state index in [2.05, 4.69) is 28.5 Å². The van der Waals surface area contributed by atoms with Crippen molar-refractivity contribution in [3.63, 3.8) is 0 Å².